The highest BCUT2D eigenvalue weighted by molar-refractivity contribution is 5.75. The van der Waals surface area contributed by atoms with Crippen molar-refractivity contribution in [1.29, 1.82) is 0 Å². The number of hydrogen-bond donors (Lipinski definition) is 2. The summed E-state index contributed by atoms with van der Waals surface area (Å²) in [6.45, 7) is 6.61. The molecule has 1 heterocycles. The van der Waals surface area contributed by atoms with E-state index in [9.17, 15) is 4.79 Å². The minimum absolute atomic E-state index is 0.0299. The average Bonchev–Trinajstić information content (AvgIpc) is 2.82. The Morgan fingerprint density at radius 1 is 1.55 bits per heavy atom. The van der Waals surface area contributed by atoms with E-state index < -0.39 is 0 Å². The van der Waals surface area contributed by atoms with Crippen LogP contribution in [0.4, 0.5) is 0 Å². The Bertz CT molecular complexity index is 392. The van der Waals surface area contributed by atoms with Crippen LogP contribution in [0.15, 0.2) is 12.5 Å². The van der Waals surface area contributed by atoms with Crippen LogP contribution in [0.2, 0.25) is 0 Å². The minimum Gasteiger partial charge on any atom is -0.383 e. The van der Waals surface area contributed by atoms with Crippen LogP contribution in [0.5, 0.6) is 0 Å². The van der Waals surface area contributed by atoms with Crippen LogP contribution in [0, 0.1) is 0 Å². The topological polar surface area (TPSA) is 68.2 Å². The molecule has 114 valence electrons. The molecule has 1 unspecified atom stereocenters. The van der Waals surface area contributed by atoms with Crippen LogP contribution in [0.3, 0.4) is 0 Å². The van der Waals surface area contributed by atoms with Gasteiger partial charge < -0.3 is 19.9 Å². The molecule has 0 spiro atoms. The average molecular weight is 282 g/mol. The molecule has 0 saturated heterocycles. The number of amides is 1. The Morgan fingerprint density at radius 3 is 3.05 bits per heavy atom. The maximum Gasteiger partial charge on any atom is 0.240 e. The van der Waals surface area contributed by atoms with Crippen molar-refractivity contribution in [3.05, 3.63) is 18.2 Å². The van der Waals surface area contributed by atoms with E-state index in [0.29, 0.717) is 19.7 Å². The third-order valence-corrected chi connectivity index (χ3v) is 2.93. The predicted octanol–water partition coefficient (Wildman–Crippen LogP) is 0.924. The molecule has 0 radical (unpaired) electrons. The van der Waals surface area contributed by atoms with Gasteiger partial charge in [-0.25, -0.2) is 4.98 Å². The molecule has 0 bridgehead atoms. The smallest absolute Gasteiger partial charge is 0.240 e. The summed E-state index contributed by atoms with van der Waals surface area (Å²) in [5, 5.41) is 6.20. The lowest BCUT2D eigenvalue weighted by Gasteiger charge is -2.12. The minimum atomic E-state index is 0.0299. The summed E-state index contributed by atoms with van der Waals surface area (Å²) >= 11 is 0. The van der Waals surface area contributed by atoms with Crippen molar-refractivity contribution in [2.24, 2.45) is 0 Å². The van der Waals surface area contributed by atoms with E-state index in [1.165, 1.54) is 0 Å². The molecule has 0 aliphatic rings. The third-order valence-electron chi connectivity index (χ3n) is 2.93. The van der Waals surface area contributed by atoms with E-state index in [1.807, 2.05) is 13.1 Å². The number of hydrogen-bond acceptors (Lipinski definition) is 4. The molecule has 2 N–H and O–H groups in total. The summed E-state index contributed by atoms with van der Waals surface area (Å²) in [4.78, 5) is 16.1. The summed E-state index contributed by atoms with van der Waals surface area (Å²) in [6.07, 6.45) is 5.66. The number of nitrogens with zero attached hydrogens (tertiary/aromatic N) is 2. The first kappa shape index (κ1) is 16.7. The fourth-order valence-electron chi connectivity index (χ4n) is 1.97. The zero-order valence-electron chi connectivity index (χ0n) is 12.7. The molecule has 0 aliphatic carbocycles. The first-order valence-electron chi connectivity index (χ1n) is 7.15. The Hall–Kier alpha value is -1.40. The second kappa shape index (κ2) is 9.50. The van der Waals surface area contributed by atoms with E-state index in [4.69, 9.17) is 4.74 Å². The van der Waals surface area contributed by atoms with E-state index in [0.717, 1.165) is 25.1 Å². The van der Waals surface area contributed by atoms with Gasteiger partial charge in [0, 0.05) is 32.4 Å². The van der Waals surface area contributed by atoms with Gasteiger partial charge in [-0.2, -0.15) is 0 Å². The number of rotatable bonds is 10. The molecule has 0 saturated carbocycles. The molecule has 0 aromatic carbocycles. The predicted molar refractivity (Wildman–Crippen MR) is 78.3 cm³/mol. The van der Waals surface area contributed by atoms with Gasteiger partial charge in [0.1, 0.15) is 6.54 Å². The molecular weight excluding hydrogens is 256 g/mol. The lowest BCUT2D eigenvalue weighted by atomic mass is 10.2. The van der Waals surface area contributed by atoms with Crippen LogP contribution in [-0.2, 0) is 22.6 Å². The molecule has 0 aliphatic heterocycles. The number of ether oxygens (including phenoxy) is 1. The summed E-state index contributed by atoms with van der Waals surface area (Å²) in [5.41, 5.74) is 0.926. The first-order chi connectivity index (χ1) is 9.65. The molecule has 1 atom stereocenters. The lowest BCUT2D eigenvalue weighted by molar-refractivity contribution is -0.122. The fraction of sp³-hybridized carbons (Fsp3) is 0.714. The second-order valence-electron chi connectivity index (χ2n) is 4.96. The zero-order chi connectivity index (χ0) is 14.8. The van der Waals surface area contributed by atoms with Crippen LogP contribution < -0.4 is 10.6 Å². The standard InChI is InChI=1S/C14H26N4O2/c1-4-5-12(2)17-14(19)10-18-9-13(16-11-18)8-15-6-7-20-3/h9,11-12,15H,4-8,10H2,1-3H3,(H,17,19). The van der Waals surface area contributed by atoms with E-state index in [-0.39, 0.29) is 11.9 Å². The van der Waals surface area contributed by atoms with Crippen molar-refractivity contribution in [2.45, 2.75) is 45.8 Å². The van der Waals surface area contributed by atoms with Crippen molar-refractivity contribution >= 4 is 5.91 Å². The first-order valence-corrected chi connectivity index (χ1v) is 7.15. The van der Waals surface area contributed by atoms with Gasteiger partial charge in [0.2, 0.25) is 5.91 Å². The van der Waals surface area contributed by atoms with E-state index in [2.05, 4.69) is 22.5 Å². The van der Waals surface area contributed by atoms with Crippen molar-refractivity contribution in [2.75, 3.05) is 20.3 Å². The number of methoxy groups -OCH3 is 1. The van der Waals surface area contributed by atoms with Gasteiger partial charge in [-0.15, -0.1) is 0 Å². The summed E-state index contributed by atoms with van der Waals surface area (Å²) < 4.78 is 6.76. The van der Waals surface area contributed by atoms with Crippen LogP contribution >= 0.6 is 0 Å². The van der Waals surface area contributed by atoms with Gasteiger partial charge in [0.25, 0.3) is 0 Å². The molecule has 6 nitrogen and oxygen atoms in total. The molecule has 1 aromatic rings. The quantitative estimate of drug-likeness (QED) is 0.626. The number of imidazole rings is 1. The molecular formula is C14H26N4O2. The highest BCUT2D eigenvalue weighted by Crippen LogP contribution is 1.98. The number of carbonyl (C=O) groups excluding carboxylic acids is 1. The normalized spacial score (nSPS) is 12.3. The van der Waals surface area contributed by atoms with Gasteiger partial charge in [-0.05, 0) is 13.3 Å². The third kappa shape index (κ3) is 6.68. The van der Waals surface area contributed by atoms with Gasteiger partial charge in [-0.1, -0.05) is 13.3 Å². The zero-order valence-corrected chi connectivity index (χ0v) is 12.7. The largest absolute Gasteiger partial charge is 0.383 e. The fourth-order valence-corrected chi connectivity index (χ4v) is 1.97. The summed E-state index contributed by atoms with van der Waals surface area (Å²) in [6, 6.07) is 0.228. The van der Waals surface area contributed by atoms with Crippen molar-refractivity contribution < 1.29 is 9.53 Å². The van der Waals surface area contributed by atoms with Crippen LogP contribution in [0.1, 0.15) is 32.4 Å². The number of nitrogens with one attached hydrogen (secondary N) is 2. The molecule has 1 aromatic heterocycles. The maximum atomic E-state index is 11.8. The molecule has 20 heavy (non-hydrogen) atoms. The maximum absolute atomic E-state index is 11.8. The van der Waals surface area contributed by atoms with Crippen molar-refractivity contribution in [3.8, 4) is 0 Å². The molecule has 6 heteroatoms. The second-order valence-corrected chi connectivity index (χ2v) is 4.96. The lowest BCUT2D eigenvalue weighted by Crippen LogP contribution is -2.34. The molecule has 1 amide bonds. The Kier molecular flexibility index (Phi) is 7.91. The van der Waals surface area contributed by atoms with E-state index in [1.54, 1.807) is 18.0 Å². The van der Waals surface area contributed by atoms with Gasteiger partial charge in [0.15, 0.2) is 0 Å². The Balaban J connectivity index is 2.30. The number of aromatic nitrogens is 2. The summed E-state index contributed by atoms with van der Waals surface area (Å²) in [5.74, 6) is 0.0299. The van der Waals surface area contributed by atoms with Gasteiger partial charge in [0.05, 0.1) is 18.6 Å². The monoisotopic (exact) mass is 282 g/mol. The molecule has 0 fully saturated rings. The number of carbonyl (C=O) groups is 1. The summed E-state index contributed by atoms with van der Waals surface area (Å²) in [7, 11) is 1.68. The van der Waals surface area contributed by atoms with Crippen molar-refractivity contribution in [3.63, 3.8) is 0 Å². The Morgan fingerprint density at radius 2 is 2.35 bits per heavy atom. The van der Waals surface area contributed by atoms with Crippen molar-refractivity contribution in [1.82, 2.24) is 20.2 Å². The highest BCUT2D eigenvalue weighted by atomic mass is 16.5. The van der Waals surface area contributed by atoms with Gasteiger partial charge >= 0.3 is 0 Å². The van der Waals surface area contributed by atoms with E-state index >= 15 is 0 Å². The Labute approximate surface area is 120 Å². The SMILES string of the molecule is CCCC(C)NC(=O)Cn1cnc(CNCCOC)c1. The van der Waals surface area contributed by atoms with Crippen LogP contribution in [0.25, 0.3) is 0 Å². The van der Waals surface area contributed by atoms with Gasteiger partial charge in [-0.3, -0.25) is 4.79 Å². The highest BCUT2D eigenvalue weighted by Gasteiger charge is 2.07. The molecule has 1 rings (SSSR count). The van der Waals surface area contributed by atoms with Crippen LogP contribution in [-0.4, -0.2) is 41.8 Å².